The van der Waals surface area contributed by atoms with Crippen LogP contribution in [0.1, 0.15) is 48.4 Å². The van der Waals surface area contributed by atoms with Crippen molar-refractivity contribution in [3.8, 4) is 5.75 Å². The fraction of sp³-hybridized carbons (Fsp3) is 0.615. The van der Waals surface area contributed by atoms with Crippen LogP contribution in [0.25, 0.3) is 0 Å². The molecule has 0 saturated heterocycles. The minimum absolute atomic E-state index is 0.0198. The van der Waals surface area contributed by atoms with E-state index >= 15 is 0 Å². The molecule has 0 amide bonds. The normalized spacial score (nSPS) is 21.9. The number of aromatic amines is 1. The lowest BCUT2D eigenvalue weighted by Crippen LogP contribution is -2.20. The summed E-state index contributed by atoms with van der Waals surface area (Å²) < 4.78 is 4.77. The lowest BCUT2D eigenvalue weighted by Gasteiger charge is -2.11. The molecule has 1 heterocycles. The highest BCUT2D eigenvalue weighted by molar-refractivity contribution is 5.89. The van der Waals surface area contributed by atoms with Gasteiger partial charge in [-0.25, -0.2) is 9.78 Å². The molecule has 1 fully saturated rings. The summed E-state index contributed by atoms with van der Waals surface area (Å²) in [6.07, 6.45) is 2.33. The minimum atomic E-state index is -0.811. The van der Waals surface area contributed by atoms with Crippen molar-refractivity contribution in [1.29, 1.82) is 0 Å². The van der Waals surface area contributed by atoms with Crippen LogP contribution in [0, 0.1) is 5.92 Å². The number of nitrogens with one attached hydrogen (secondary N) is 1. The van der Waals surface area contributed by atoms with Gasteiger partial charge in [0, 0.05) is 12.5 Å². The van der Waals surface area contributed by atoms with Gasteiger partial charge in [-0.05, 0) is 32.1 Å². The van der Waals surface area contributed by atoms with Gasteiger partial charge < -0.3 is 19.9 Å². The Balaban J connectivity index is 2.32. The van der Waals surface area contributed by atoms with Crippen LogP contribution in [0.15, 0.2) is 4.79 Å². The number of rotatable bonds is 4. The van der Waals surface area contributed by atoms with Crippen molar-refractivity contribution in [2.24, 2.45) is 5.92 Å². The fourth-order valence-corrected chi connectivity index (χ4v) is 2.51. The first-order chi connectivity index (χ1) is 9.56. The predicted molar refractivity (Wildman–Crippen MR) is 69.6 cm³/mol. The summed E-state index contributed by atoms with van der Waals surface area (Å²) in [5.41, 5.74) is -1.09. The summed E-state index contributed by atoms with van der Waals surface area (Å²) in [6.45, 7) is 1.87. The van der Waals surface area contributed by atoms with Gasteiger partial charge in [0.15, 0.2) is 5.69 Å². The van der Waals surface area contributed by atoms with Crippen LogP contribution in [-0.2, 0) is 4.74 Å². The molecule has 1 aromatic rings. The maximum absolute atomic E-state index is 11.7. The number of carbonyl (C=O) groups is 1. The van der Waals surface area contributed by atoms with Gasteiger partial charge >= 0.3 is 5.97 Å². The number of aliphatic hydroxyl groups is 1. The molecule has 3 N–H and O–H groups in total. The molecule has 0 spiro atoms. The number of hydrogen-bond donors (Lipinski definition) is 3. The Morgan fingerprint density at radius 2 is 2.25 bits per heavy atom. The molecule has 20 heavy (non-hydrogen) atoms. The molecular weight excluding hydrogens is 264 g/mol. The standard InChI is InChI=1S/C13H18N2O5/c1-2-20-13(19)9-10(17)12(18)15-11(14-9)8-4-3-7(5-8)6-16/h7-8,16-17H,2-6H2,1H3,(H,14,15,18). The molecule has 110 valence electrons. The summed E-state index contributed by atoms with van der Waals surface area (Å²) in [5.74, 6) is -0.997. The maximum Gasteiger partial charge on any atom is 0.361 e. The number of hydrogen-bond acceptors (Lipinski definition) is 6. The number of ether oxygens (including phenoxy) is 1. The van der Waals surface area contributed by atoms with Crippen molar-refractivity contribution >= 4 is 5.97 Å². The zero-order valence-corrected chi connectivity index (χ0v) is 11.3. The van der Waals surface area contributed by atoms with Gasteiger partial charge in [0.1, 0.15) is 5.82 Å². The lowest BCUT2D eigenvalue weighted by atomic mass is 10.0. The smallest absolute Gasteiger partial charge is 0.361 e. The average Bonchev–Trinajstić information content (AvgIpc) is 2.90. The van der Waals surface area contributed by atoms with E-state index in [1.54, 1.807) is 6.92 Å². The third-order valence-corrected chi connectivity index (χ3v) is 3.57. The molecule has 2 atom stereocenters. The molecule has 1 saturated carbocycles. The fourth-order valence-electron chi connectivity index (χ4n) is 2.51. The Morgan fingerprint density at radius 3 is 2.85 bits per heavy atom. The number of aliphatic hydroxyl groups excluding tert-OH is 1. The summed E-state index contributed by atoms with van der Waals surface area (Å²) in [4.78, 5) is 29.9. The van der Waals surface area contributed by atoms with Gasteiger partial charge in [0.25, 0.3) is 5.56 Å². The van der Waals surface area contributed by atoms with Gasteiger partial charge in [0.2, 0.25) is 5.75 Å². The van der Waals surface area contributed by atoms with Crippen LogP contribution in [0.5, 0.6) is 5.75 Å². The third kappa shape index (κ3) is 2.82. The molecule has 0 aliphatic heterocycles. The second kappa shape index (κ2) is 6.04. The largest absolute Gasteiger partial charge is 0.501 e. The van der Waals surface area contributed by atoms with E-state index in [0.29, 0.717) is 12.2 Å². The average molecular weight is 282 g/mol. The predicted octanol–water partition coefficient (Wildman–Crippen LogP) is 0.528. The van der Waals surface area contributed by atoms with Crippen LogP contribution in [0.3, 0.4) is 0 Å². The minimum Gasteiger partial charge on any atom is -0.501 e. The van der Waals surface area contributed by atoms with Crippen molar-refractivity contribution in [3.05, 3.63) is 21.9 Å². The molecule has 2 rings (SSSR count). The van der Waals surface area contributed by atoms with E-state index in [1.165, 1.54) is 0 Å². The van der Waals surface area contributed by atoms with Crippen molar-refractivity contribution < 1.29 is 19.7 Å². The Bertz CT molecular complexity index is 554. The van der Waals surface area contributed by atoms with Gasteiger partial charge in [-0.2, -0.15) is 0 Å². The number of aromatic nitrogens is 2. The Hall–Kier alpha value is -1.89. The molecular formula is C13H18N2O5. The zero-order valence-electron chi connectivity index (χ0n) is 11.3. The van der Waals surface area contributed by atoms with Crippen molar-refractivity contribution in [2.45, 2.75) is 32.1 Å². The molecule has 1 aliphatic rings. The van der Waals surface area contributed by atoms with E-state index < -0.39 is 17.3 Å². The van der Waals surface area contributed by atoms with E-state index in [9.17, 15) is 14.7 Å². The maximum atomic E-state index is 11.7. The highest BCUT2D eigenvalue weighted by Gasteiger charge is 2.29. The molecule has 1 aromatic heterocycles. The van der Waals surface area contributed by atoms with E-state index in [0.717, 1.165) is 12.8 Å². The SMILES string of the molecule is CCOC(=O)c1nc(C2CCC(CO)C2)[nH]c(=O)c1O. The Labute approximate surface area is 115 Å². The highest BCUT2D eigenvalue weighted by atomic mass is 16.5. The van der Waals surface area contributed by atoms with E-state index in [2.05, 4.69) is 9.97 Å². The highest BCUT2D eigenvalue weighted by Crippen LogP contribution is 2.36. The summed E-state index contributed by atoms with van der Waals surface area (Å²) in [6, 6.07) is 0. The van der Waals surface area contributed by atoms with Crippen LogP contribution >= 0.6 is 0 Å². The van der Waals surface area contributed by atoms with Crippen LogP contribution in [0.2, 0.25) is 0 Å². The summed E-state index contributed by atoms with van der Waals surface area (Å²) in [7, 11) is 0. The number of aromatic hydroxyl groups is 1. The number of nitrogens with zero attached hydrogens (tertiary/aromatic N) is 1. The second-order valence-electron chi connectivity index (χ2n) is 4.93. The summed E-state index contributed by atoms with van der Waals surface area (Å²) in [5, 5.41) is 18.7. The first-order valence-corrected chi connectivity index (χ1v) is 6.68. The van der Waals surface area contributed by atoms with E-state index in [4.69, 9.17) is 9.84 Å². The summed E-state index contributed by atoms with van der Waals surface area (Å²) >= 11 is 0. The van der Waals surface area contributed by atoms with Gasteiger partial charge in [-0.15, -0.1) is 0 Å². The number of esters is 1. The third-order valence-electron chi connectivity index (χ3n) is 3.57. The topological polar surface area (TPSA) is 113 Å². The molecule has 0 radical (unpaired) electrons. The van der Waals surface area contributed by atoms with Crippen LogP contribution < -0.4 is 5.56 Å². The van der Waals surface area contributed by atoms with Crippen molar-refractivity contribution in [2.75, 3.05) is 13.2 Å². The van der Waals surface area contributed by atoms with Crippen LogP contribution in [-0.4, -0.2) is 39.4 Å². The Morgan fingerprint density at radius 1 is 1.50 bits per heavy atom. The van der Waals surface area contributed by atoms with Crippen molar-refractivity contribution in [1.82, 2.24) is 9.97 Å². The molecule has 1 aliphatic carbocycles. The first-order valence-electron chi connectivity index (χ1n) is 6.68. The molecule has 0 aromatic carbocycles. The van der Waals surface area contributed by atoms with Gasteiger partial charge in [0.05, 0.1) is 6.61 Å². The first kappa shape index (κ1) is 14.5. The van der Waals surface area contributed by atoms with Crippen molar-refractivity contribution in [3.63, 3.8) is 0 Å². The van der Waals surface area contributed by atoms with Gasteiger partial charge in [-0.3, -0.25) is 4.79 Å². The lowest BCUT2D eigenvalue weighted by molar-refractivity contribution is 0.0514. The number of carbonyl (C=O) groups excluding carboxylic acids is 1. The molecule has 2 unspecified atom stereocenters. The monoisotopic (exact) mass is 282 g/mol. The number of H-pyrrole nitrogens is 1. The molecule has 7 nitrogen and oxygen atoms in total. The van der Waals surface area contributed by atoms with Crippen LogP contribution in [0.4, 0.5) is 0 Å². The zero-order chi connectivity index (χ0) is 14.7. The molecule has 7 heteroatoms. The Kier molecular flexibility index (Phi) is 4.39. The van der Waals surface area contributed by atoms with E-state index in [-0.39, 0.29) is 30.7 Å². The molecule has 0 bridgehead atoms. The van der Waals surface area contributed by atoms with E-state index in [1.807, 2.05) is 0 Å². The second-order valence-corrected chi connectivity index (χ2v) is 4.93. The quantitative estimate of drug-likeness (QED) is 0.694. The van der Waals surface area contributed by atoms with Gasteiger partial charge in [-0.1, -0.05) is 0 Å².